The van der Waals surface area contributed by atoms with Crippen molar-refractivity contribution in [2.75, 3.05) is 13.2 Å². The standard InChI is InChI=1S/C21H18N2O3/c24-13-14-25-20-8-4-7-17(15-20)9-10-19-11-12-21(23-22-19)26-16-18-5-2-1-3-6-18/h1-8,11-12,15,24H,13-14,16H2. The summed E-state index contributed by atoms with van der Waals surface area (Å²) in [6.07, 6.45) is 0. The van der Waals surface area contributed by atoms with Gasteiger partial charge in [0.05, 0.1) is 6.61 Å². The summed E-state index contributed by atoms with van der Waals surface area (Å²) in [7, 11) is 0. The number of hydrogen-bond donors (Lipinski definition) is 1. The lowest BCUT2D eigenvalue weighted by atomic mass is 10.2. The fourth-order valence-corrected chi connectivity index (χ4v) is 2.16. The van der Waals surface area contributed by atoms with E-state index in [2.05, 4.69) is 22.0 Å². The maximum atomic E-state index is 8.80. The minimum absolute atomic E-state index is 0.0236. The minimum atomic E-state index is -0.0236. The fourth-order valence-electron chi connectivity index (χ4n) is 2.16. The van der Waals surface area contributed by atoms with Crippen LogP contribution < -0.4 is 9.47 Å². The van der Waals surface area contributed by atoms with Crippen LogP contribution >= 0.6 is 0 Å². The van der Waals surface area contributed by atoms with Gasteiger partial charge in [-0.15, -0.1) is 10.2 Å². The van der Waals surface area contributed by atoms with Crippen LogP contribution in [0.1, 0.15) is 16.8 Å². The quantitative estimate of drug-likeness (QED) is 0.696. The number of aliphatic hydroxyl groups is 1. The molecule has 5 nitrogen and oxygen atoms in total. The fraction of sp³-hybridized carbons (Fsp3) is 0.143. The number of benzene rings is 2. The molecule has 1 N–H and O–H groups in total. The first kappa shape index (κ1) is 17.5. The maximum Gasteiger partial charge on any atom is 0.233 e. The number of nitrogens with zero attached hydrogens (tertiary/aromatic N) is 2. The largest absolute Gasteiger partial charge is 0.491 e. The topological polar surface area (TPSA) is 64.5 Å². The highest BCUT2D eigenvalue weighted by atomic mass is 16.5. The molecule has 2 aromatic carbocycles. The summed E-state index contributed by atoms with van der Waals surface area (Å²) < 4.78 is 11.0. The third-order valence-corrected chi connectivity index (χ3v) is 3.40. The molecule has 0 aliphatic rings. The van der Waals surface area contributed by atoms with Crippen molar-refractivity contribution in [3.63, 3.8) is 0 Å². The molecule has 0 aliphatic carbocycles. The first-order chi connectivity index (χ1) is 12.8. The molecule has 3 aromatic rings. The molecule has 0 spiro atoms. The highest BCUT2D eigenvalue weighted by molar-refractivity contribution is 5.43. The van der Waals surface area contributed by atoms with E-state index in [0.717, 1.165) is 11.1 Å². The van der Waals surface area contributed by atoms with Gasteiger partial charge in [-0.1, -0.05) is 42.3 Å². The number of aromatic nitrogens is 2. The van der Waals surface area contributed by atoms with Crippen LogP contribution in [0.2, 0.25) is 0 Å². The lowest BCUT2D eigenvalue weighted by Gasteiger charge is -2.04. The number of hydrogen-bond acceptors (Lipinski definition) is 5. The van der Waals surface area contributed by atoms with Gasteiger partial charge in [0.2, 0.25) is 5.88 Å². The summed E-state index contributed by atoms with van der Waals surface area (Å²) >= 11 is 0. The van der Waals surface area contributed by atoms with Crippen LogP contribution in [0.3, 0.4) is 0 Å². The van der Waals surface area contributed by atoms with Crippen molar-refractivity contribution in [1.29, 1.82) is 0 Å². The predicted octanol–water partition coefficient (Wildman–Crippen LogP) is 2.83. The van der Waals surface area contributed by atoms with E-state index in [0.29, 0.717) is 23.9 Å². The Labute approximate surface area is 152 Å². The molecule has 3 rings (SSSR count). The van der Waals surface area contributed by atoms with E-state index in [1.807, 2.05) is 54.6 Å². The average Bonchev–Trinajstić information content (AvgIpc) is 2.71. The molecule has 130 valence electrons. The van der Waals surface area contributed by atoms with Gasteiger partial charge >= 0.3 is 0 Å². The van der Waals surface area contributed by atoms with Crippen molar-refractivity contribution < 1.29 is 14.6 Å². The SMILES string of the molecule is OCCOc1cccc(C#Cc2ccc(OCc3ccccc3)nn2)c1. The first-order valence-corrected chi connectivity index (χ1v) is 8.20. The van der Waals surface area contributed by atoms with Gasteiger partial charge in [-0.3, -0.25) is 0 Å². The van der Waals surface area contributed by atoms with Gasteiger partial charge in [0.25, 0.3) is 0 Å². The molecule has 0 fully saturated rings. The monoisotopic (exact) mass is 346 g/mol. The van der Waals surface area contributed by atoms with Crippen molar-refractivity contribution in [3.8, 4) is 23.5 Å². The molecule has 5 heteroatoms. The molecular formula is C21H18N2O3. The zero-order chi connectivity index (χ0) is 18.0. The van der Waals surface area contributed by atoms with Crippen LogP contribution in [0.25, 0.3) is 0 Å². The Balaban J connectivity index is 1.60. The number of aliphatic hydroxyl groups excluding tert-OH is 1. The molecule has 0 unspecified atom stereocenters. The zero-order valence-corrected chi connectivity index (χ0v) is 14.1. The van der Waals surface area contributed by atoms with Gasteiger partial charge in [-0.2, -0.15) is 0 Å². The van der Waals surface area contributed by atoms with Crippen molar-refractivity contribution in [3.05, 3.63) is 83.6 Å². The zero-order valence-electron chi connectivity index (χ0n) is 14.1. The molecular weight excluding hydrogens is 328 g/mol. The normalized spacial score (nSPS) is 9.88. The lowest BCUT2D eigenvalue weighted by molar-refractivity contribution is 0.201. The van der Waals surface area contributed by atoms with Gasteiger partial charge in [0, 0.05) is 11.6 Å². The smallest absolute Gasteiger partial charge is 0.233 e. The molecule has 0 radical (unpaired) electrons. The van der Waals surface area contributed by atoms with Gasteiger partial charge in [-0.25, -0.2) is 0 Å². The van der Waals surface area contributed by atoms with E-state index in [1.54, 1.807) is 12.1 Å². The van der Waals surface area contributed by atoms with Crippen molar-refractivity contribution in [1.82, 2.24) is 10.2 Å². The second-order valence-electron chi connectivity index (χ2n) is 5.38. The summed E-state index contributed by atoms with van der Waals surface area (Å²) in [5.74, 6) is 7.11. The van der Waals surface area contributed by atoms with E-state index in [-0.39, 0.29) is 13.2 Å². The molecule has 0 saturated heterocycles. The van der Waals surface area contributed by atoms with Gasteiger partial charge in [0.1, 0.15) is 24.7 Å². The summed E-state index contributed by atoms with van der Waals surface area (Å²) in [4.78, 5) is 0. The highest BCUT2D eigenvalue weighted by Gasteiger charge is 1.99. The third kappa shape index (κ3) is 5.33. The number of ether oxygens (including phenoxy) is 2. The molecule has 0 atom stereocenters. The lowest BCUT2D eigenvalue weighted by Crippen LogP contribution is -2.01. The Hall–Kier alpha value is -3.36. The van der Waals surface area contributed by atoms with Gasteiger partial charge in [0.15, 0.2) is 0 Å². The summed E-state index contributed by atoms with van der Waals surface area (Å²) in [5, 5.41) is 16.9. The van der Waals surface area contributed by atoms with E-state index >= 15 is 0 Å². The molecule has 0 amide bonds. The van der Waals surface area contributed by atoms with E-state index < -0.39 is 0 Å². The highest BCUT2D eigenvalue weighted by Crippen LogP contribution is 2.13. The molecule has 1 aromatic heterocycles. The molecule has 0 aliphatic heterocycles. The first-order valence-electron chi connectivity index (χ1n) is 8.20. The molecule has 0 bridgehead atoms. The van der Waals surface area contributed by atoms with Crippen LogP contribution in [0.5, 0.6) is 11.6 Å². The summed E-state index contributed by atoms with van der Waals surface area (Å²) in [5.41, 5.74) is 2.42. The van der Waals surface area contributed by atoms with Crippen LogP contribution in [-0.2, 0) is 6.61 Å². The van der Waals surface area contributed by atoms with Crippen molar-refractivity contribution >= 4 is 0 Å². The van der Waals surface area contributed by atoms with Crippen LogP contribution in [0, 0.1) is 11.8 Å². The van der Waals surface area contributed by atoms with E-state index in [9.17, 15) is 0 Å². The van der Waals surface area contributed by atoms with Crippen molar-refractivity contribution in [2.45, 2.75) is 6.61 Å². The average molecular weight is 346 g/mol. The second-order valence-corrected chi connectivity index (χ2v) is 5.38. The van der Waals surface area contributed by atoms with E-state index in [1.165, 1.54) is 0 Å². The van der Waals surface area contributed by atoms with Crippen molar-refractivity contribution in [2.24, 2.45) is 0 Å². The Bertz CT molecular complexity index is 884. The third-order valence-electron chi connectivity index (χ3n) is 3.40. The van der Waals surface area contributed by atoms with Crippen LogP contribution in [-0.4, -0.2) is 28.5 Å². The Kier molecular flexibility index (Phi) is 6.19. The Morgan fingerprint density at radius 2 is 1.73 bits per heavy atom. The van der Waals surface area contributed by atoms with Gasteiger partial charge < -0.3 is 14.6 Å². The second kappa shape index (κ2) is 9.21. The Morgan fingerprint density at radius 3 is 2.50 bits per heavy atom. The molecule has 1 heterocycles. The molecule has 26 heavy (non-hydrogen) atoms. The summed E-state index contributed by atoms with van der Waals surface area (Å²) in [6, 6.07) is 20.8. The van der Waals surface area contributed by atoms with Gasteiger partial charge in [-0.05, 0) is 35.7 Å². The van der Waals surface area contributed by atoms with Crippen LogP contribution in [0.4, 0.5) is 0 Å². The minimum Gasteiger partial charge on any atom is -0.491 e. The summed E-state index contributed by atoms with van der Waals surface area (Å²) in [6.45, 7) is 0.679. The predicted molar refractivity (Wildman–Crippen MR) is 97.8 cm³/mol. The number of rotatable bonds is 6. The Morgan fingerprint density at radius 1 is 0.846 bits per heavy atom. The maximum absolute atomic E-state index is 8.80. The van der Waals surface area contributed by atoms with E-state index in [4.69, 9.17) is 14.6 Å². The van der Waals surface area contributed by atoms with Crippen LogP contribution in [0.15, 0.2) is 66.7 Å². The molecule has 0 saturated carbocycles.